The van der Waals surface area contributed by atoms with E-state index in [0.29, 0.717) is 23.0 Å². The van der Waals surface area contributed by atoms with E-state index in [4.69, 9.17) is 23.2 Å². The summed E-state index contributed by atoms with van der Waals surface area (Å²) in [6.45, 7) is 0. The second kappa shape index (κ2) is 8.06. The predicted octanol–water partition coefficient (Wildman–Crippen LogP) is 4.83. The minimum absolute atomic E-state index is 0.247. The minimum Gasteiger partial charge on any atom is -0.361 e. The Balaban J connectivity index is 1.98. The number of halogens is 5. The molecule has 0 fully saturated rings. The molecule has 30 heavy (non-hydrogen) atoms. The van der Waals surface area contributed by atoms with Crippen molar-refractivity contribution < 1.29 is 26.5 Å². The first-order chi connectivity index (χ1) is 13.9. The number of para-hydroxylation sites is 1. The molecule has 3 aromatic rings. The fourth-order valence-corrected chi connectivity index (χ4v) is 5.33. The third-order valence-corrected chi connectivity index (χ3v) is 6.65. The van der Waals surface area contributed by atoms with Gasteiger partial charge in [-0.25, -0.2) is 8.42 Å². The summed E-state index contributed by atoms with van der Waals surface area (Å²) in [5.74, 6) is 0. The highest BCUT2D eigenvalue weighted by Gasteiger charge is 2.43. The minimum atomic E-state index is -4.94. The molecule has 2 N–H and O–H groups in total. The molecule has 0 amide bonds. The quantitative estimate of drug-likeness (QED) is 0.388. The molecular weight excluding hydrogens is 470 g/mol. The smallest absolute Gasteiger partial charge is 0.361 e. The monoisotopic (exact) mass is 481 g/mol. The number of H-pyrrole nitrogens is 1. The SMILES string of the molecule is O=[N+]([O-])c1cc(Cl)c(S(=O)(=O)NC(Cc2c[nH]c3ccccc23)C(F)(F)F)c(Cl)c1. The van der Waals surface area contributed by atoms with Crippen LogP contribution in [0.3, 0.4) is 0 Å². The maximum absolute atomic E-state index is 13.6. The number of non-ortho nitro benzene ring substituents is 1. The van der Waals surface area contributed by atoms with Crippen LogP contribution in [0.2, 0.25) is 10.0 Å². The molecule has 0 saturated heterocycles. The first-order valence-electron chi connectivity index (χ1n) is 8.17. The van der Waals surface area contributed by atoms with Crippen molar-refractivity contribution in [1.82, 2.24) is 9.71 Å². The van der Waals surface area contributed by atoms with Gasteiger partial charge in [-0.1, -0.05) is 41.4 Å². The first-order valence-corrected chi connectivity index (χ1v) is 10.4. The predicted molar refractivity (Wildman–Crippen MR) is 105 cm³/mol. The Morgan fingerprint density at radius 3 is 2.33 bits per heavy atom. The maximum atomic E-state index is 13.6. The number of hydrogen-bond donors (Lipinski definition) is 2. The van der Waals surface area contributed by atoms with E-state index in [-0.39, 0.29) is 5.56 Å². The number of hydrogen-bond acceptors (Lipinski definition) is 4. The molecule has 0 radical (unpaired) electrons. The van der Waals surface area contributed by atoms with Gasteiger partial charge in [0.15, 0.2) is 0 Å². The van der Waals surface area contributed by atoms with E-state index in [2.05, 4.69) is 4.98 Å². The normalized spacial score (nSPS) is 13.5. The van der Waals surface area contributed by atoms with Gasteiger partial charge < -0.3 is 4.98 Å². The first kappa shape index (κ1) is 22.3. The summed E-state index contributed by atoms with van der Waals surface area (Å²) in [7, 11) is -4.87. The summed E-state index contributed by atoms with van der Waals surface area (Å²) < 4.78 is 67.8. The number of alkyl halides is 3. The lowest BCUT2D eigenvalue weighted by molar-refractivity contribution is -0.384. The molecule has 1 unspecified atom stereocenters. The van der Waals surface area contributed by atoms with Gasteiger partial charge >= 0.3 is 6.18 Å². The summed E-state index contributed by atoms with van der Waals surface area (Å²) in [5, 5.41) is 10.0. The van der Waals surface area contributed by atoms with E-state index < -0.39 is 54.2 Å². The average molecular weight is 482 g/mol. The summed E-state index contributed by atoms with van der Waals surface area (Å²) in [6.07, 6.45) is -4.27. The number of rotatable bonds is 6. The molecular formula is C17H12Cl2F3N3O4S. The number of nitrogens with one attached hydrogen (secondary N) is 2. The van der Waals surface area contributed by atoms with Crippen LogP contribution in [0.1, 0.15) is 5.56 Å². The van der Waals surface area contributed by atoms with Crippen LogP contribution < -0.4 is 4.72 Å². The highest BCUT2D eigenvalue weighted by molar-refractivity contribution is 7.89. The van der Waals surface area contributed by atoms with Gasteiger partial charge in [-0.15, -0.1) is 0 Å². The van der Waals surface area contributed by atoms with E-state index in [1.54, 1.807) is 29.0 Å². The second-order valence-electron chi connectivity index (χ2n) is 6.27. The summed E-state index contributed by atoms with van der Waals surface area (Å²) in [6, 6.07) is 5.52. The molecule has 3 rings (SSSR count). The van der Waals surface area contributed by atoms with Crippen LogP contribution in [0.4, 0.5) is 18.9 Å². The van der Waals surface area contributed by atoms with Crippen LogP contribution in [-0.4, -0.2) is 30.5 Å². The van der Waals surface area contributed by atoms with Crippen LogP contribution in [0.5, 0.6) is 0 Å². The molecule has 1 atom stereocenters. The van der Waals surface area contributed by atoms with E-state index in [1.807, 2.05) is 0 Å². The molecule has 160 valence electrons. The van der Waals surface area contributed by atoms with Crippen LogP contribution in [0.25, 0.3) is 10.9 Å². The molecule has 2 aromatic carbocycles. The highest BCUT2D eigenvalue weighted by Crippen LogP contribution is 2.35. The van der Waals surface area contributed by atoms with Crippen LogP contribution in [0, 0.1) is 10.1 Å². The van der Waals surface area contributed by atoms with Crippen molar-refractivity contribution >= 4 is 49.8 Å². The van der Waals surface area contributed by atoms with Crippen molar-refractivity contribution in [3.05, 3.63) is 68.3 Å². The molecule has 0 aliphatic heterocycles. The van der Waals surface area contributed by atoms with Gasteiger partial charge in [0.05, 0.1) is 15.0 Å². The van der Waals surface area contributed by atoms with Crippen molar-refractivity contribution in [2.75, 3.05) is 0 Å². The lowest BCUT2D eigenvalue weighted by Crippen LogP contribution is -2.46. The third-order valence-electron chi connectivity index (χ3n) is 4.25. The average Bonchev–Trinajstić information content (AvgIpc) is 3.02. The Bertz CT molecular complexity index is 1210. The zero-order chi connectivity index (χ0) is 22.3. The van der Waals surface area contributed by atoms with Gasteiger partial charge in [0.2, 0.25) is 10.0 Å². The van der Waals surface area contributed by atoms with Gasteiger partial charge in [-0.05, 0) is 18.1 Å². The van der Waals surface area contributed by atoms with Gasteiger partial charge in [0.1, 0.15) is 10.9 Å². The number of sulfonamides is 1. The Labute approximate surface area is 178 Å². The summed E-state index contributed by atoms with van der Waals surface area (Å²) in [5.41, 5.74) is 0.240. The fraction of sp³-hybridized carbons (Fsp3) is 0.176. The van der Waals surface area contributed by atoms with Crippen molar-refractivity contribution in [3.63, 3.8) is 0 Å². The van der Waals surface area contributed by atoms with E-state index in [9.17, 15) is 31.7 Å². The Hall–Kier alpha value is -2.34. The molecule has 0 bridgehead atoms. The second-order valence-corrected chi connectivity index (χ2v) is 8.74. The third kappa shape index (κ3) is 4.53. The molecule has 1 heterocycles. The molecule has 0 aliphatic carbocycles. The Morgan fingerprint density at radius 2 is 1.77 bits per heavy atom. The standard InChI is InChI=1S/C17H12Cl2F3N3O4S/c18-12-6-10(25(26)27)7-13(19)16(12)30(28,29)24-15(17(20,21)22)5-9-8-23-14-4-2-1-3-11(9)14/h1-4,6-8,15,23-24H,5H2. The zero-order valence-electron chi connectivity index (χ0n) is 14.7. The number of aromatic amines is 1. The number of nitro benzene ring substituents is 1. The molecule has 7 nitrogen and oxygen atoms in total. The van der Waals surface area contributed by atoms with Crippen molar-refractivity contribution in [2.45, 2.75) is 23.5 Å². The van der Waals surface area contributed by atoms with Crippen LogP contribution in [0.15, 0.2) is 47.5 Å². The van der Waals surface area contributed by atoms with Gasteiger partial charge in [0.25, 0.3) is 5.69 Å². The number of nitro groups is 1. The van der Waals surface area contributed by atoms with Crippen molar-refractivity contribution in [3.8, 4) is 0 Å². The number of nitrogens with zero attached hydrogens (tertiary/aromatic N) is 1. The zero-order valence-corrected chi connectivity index (χ0v) is 17.0. The maximum Gasteiger partial charge on any atom is 0.405 e. The summed E-state index contributed by atoms with van der Waals surface area (Å²) >= 11 is 11.6. The molecule has 0 spiro atoms. The van der Waals surface area contributed by atoms with Gasteiger partial charge in [-0.2, -0.15) is 17.9 Å². The van der Waals surface area contributed by atoms with E-state index in [0.717, 1.165) is 0 Å². The summed E-state index contributed by atoms with van der Waals surface area (Å²) in [4.78, 5) is 11.9. The van der Waals surface area contributed by atoms with Gasteiger partial charge in [-0.3, -0.25) is 10.1 Å². The van der Waals surface area contributed by atoms with Crippen molar-refractivity contribution in [1.29, 1.82) is 0 Å². The fourth-order valence-electron chi connectivity index (χ4n) is 2.90. The van der Waals surface area contributed by atoms with Gasteiger partial charge in [0, 0.05) is 29.2 Å². The van der Waals surface area contributed by atoms with E-state index >= 15 is 0 Å². The number of benzene rings is 2. The number of fused-ring (bicyclic) bond motifs is 1. The molecule has 1 aromatic heterocycles. The topological polar surface area (TPSA) is 105 Å². The molecule has 0 saturated carbocycles. The Kier molecular flexibility index (Phi) is 6.01. The number of aromatic nitrogens is 1. The van der Waals surface area contributed by atoms with Crippen LogP contribution in [-0.2, 0) is 16.4 Å². The molecule has 13 heteroatoms. The lowest BCUT2D eigenvalue weighted by Gasteiger charge is -2.22. The van der Waals surface area contributed by atoms with E-state index in [1.165, 1.54) is 6.20 Å². The largest absolute Gasteiger partial charge is 0.405 e. The van der Waals surface area contributed by atoms with Crippen molar-refractivity contribution in [2.24, 2.45) is 0 Å². The Morgan fingerprint density at radius 1 is 1.17 bits per heavy atom. The highest BCUT2D eigenvalue weighted by atomic mass is 35.5. The van der Waals surface area contributed by atoms with Crippen LogP contribution >= 0.6 is 23.2 Å². The lowest BCUT2D eigenvalue weighted by atomic mass is 10.1. The molecule has 0 aliphatic rings.